The fourth-order valence-electron chi connectivity index (χ4n) is 1.54. The van der Waals surface area contributed by atoms with E-state index in [1.165, 1.54) is 12.1 Å². The first-order valence-electron chi connectivity index (χ1n) is 5.39. The van der Waals surface area contributed by atoms with E-state index in [-0.39, 0.29) is 27.0 Å². The maximum Gasteiger partial charge on any atom is 0.255 e. The first-order valence-corrected chi connectivity index (χ1v) is 6.14. The van der Waals surface area contributed by atoms with E-state index in [2.05, 4.69) is 5.32 Å². The Morgan fingerprint density at radius 1 is 1.00 bits per heavy atom. The smallest absolute Gasteiger partial charge is 0.255 e. The van der Waals surface area contributed by atoms with Gasteiger partial charge in [-0.2, -0.15) is 0 Å². The number of hydrogen-bond donors (Lipinski definition) is 2. The second kappa shape index (κ2) is 5.64. The van der Waals surface area contributed by atoms with Crippen LogP contribution in [0.2, 0.25) is 10.0 Å². The molecular formula is C13H8Cl2F2N2O. The van der Waals surface area contributed by atoms with E-state index in [4.69, 9.17) is 28.9 Å². The van der Waals surface area contributed by atoms with Gasteiger partial charge in [-0.15, -0.1) is 0 Å². The standard InChI is InChI=1S/C13H8Cl2F2N2O/c14-10-1-6(2-11(15)12(10)18)13(20)19-9-4-7(16)3-8(17)5-9/h1-5H,18H2,(H,19,20). The minimum Gasteiger partial charge on any atom is -0.396 e. The van der Waals surface area contributed by atoms with Crippen molar-refractivity contribution >= 4 is 40.5 Å². The molecular weight excluding hydrogens is 309 g/mol. The van der Waals surface area contributed by atoms with Crippen molar-refractivity contribution in [1.29, 1.82) is 0 Å². The molecule has 0 saturated carbocycles. The fraction of sp³-hybridized carbons (Fsp3) is 0. The number of amides is 1. The number of nitrogen functional groups attached to an aromatic ring is 1. The van der Waals surface area contributed by atoms with Crippen molar-refractivity contribution in [2.75, 3.05) is 11.1 Å². The van der Waals surface area contributed by atoms with Crippen LogP contribution in [0.5, 0.6) is 0 Å². The Balaban J connectivity index is 2.28. The number of nitrogens with two attached hydrogens (primary N) is 1. The second-order valence-corrected chi connectivity index (χ2v) is 4.78. The monoisotopic (exact) mass is 316 g/mol. The van der Waals surface area contributed by atoms with Gasteiger partial charge in [-0.3, -0.25) is 4.79 Å². The molecule has 2 aromatic carbocycles. The van der Waals surface area contributed by atoms with E-state index < -0.39 is 17.5 Å². The Kier molecular flexibility index (Phi) is 4.11. The molecule has 0 radical (unpaired) electrons. The van der Waals surface area contributed by atoms with Crippen LogP contribution in [-0.2, 0) is 0 Å². The predicted molar refractivity (Wildman–Crippen MR) is 75.2 cm³/mol. The summed E-state index contributed by atoms with van der Waals surface area (Å²) in [6.07, 6.45) is 0. The molecule has 0 aliphatic heterocycles. The molecule has 0 saturated heterocycles. The molecule has 3 N–H and O–H groups in total. The number of benzene rings is 2. The first kappa shape index (κ1) is 14.6. The molecule has 3 nitrogen and oxygen atoms in total. The van der Waals surface area contributed by atoms with E-state index in [0.29, 0.717) is 6.07 Å². The maximum absolute atomic E-state index is 13.0. The lowest BCUT2D eigenvalue weighted by Crippen LogP contribution is -2.12. The lowest BCUT2D eigenvalue weighted by Gasteiger charge is -2.08. The fourth-order valence-corrected chi connectivity index (χ4v) is 2.03. The SMILES string of the molecule is Nc1c(Cl)cc(C(=O)Nc2cc(F)cc(F)c2)cc1Cl. The Hall–Kier alpha value is -1.85. The van der Waals surface area contributed by atoms with Crippen LogP contribution < -0.4 is 11.1 Å². The van der Waals surface area contributed by atoms with Crippen LogP contribution in [0.15, 0.2) is 30.3 Å². The summed E-state index contributed by atoms with van der Waals surface area (Å²) < 4.78 is 26.0. The molecule has 0 aromatic heterocycles. The summed E-state index contributed by atoms with van der Waals surface area (Å²) in [5, 5.41) is 2.57. The van der Waals surface area contributed by atoms with Crippen molar-refractivity contribution in [3.05, 3.63) is 57.6 Å². The van der Waals surface area contributed by atoms with Gasteiger partial charge in [0.2, 0.25) is 0 Å². The highest BCUT2D eigenvalue weighted by molar-refractivity contribution is 6.39. The van der Waals surface area contributed by atoms with Gasteiger partial charge in [0.25, 0.3) is 5.91 Å². The number of rotatable bonds is 2. The highest BCUT2D eigenvalue weighted by Gasteiger charge is 2.12. The normalized spacial score (nSPS) is 10.4. The molecule has 2 rings (SSSR count). The van der Waals surface area contributed by atoms with Crippen molar-refractivity contribution in [2.24, 2.45) is 0 Å². The molecule has 0 fully saturated rings. The van der Waals surface area contributed by atoms with Crippen LogP contribution in [0, 0.1) is 11.6 Å². The van der Waals surface area contributed by atoms with Crippen LogP contribution in [0.3, 0.4) is 0 Å². The lowest BCUT2D eigenvalue weighted by molar-refractivity contribution is 0.102. The van der Waals surface area contributed by atoms with E-state index in [1.54, 1.807) is 0 Å². The topological polar surface area (TPSA) is 55.1 Å². The molecule has 0 unspecified atom stereocenters. The molecule has 0 spiro atoms. The van der Waals surface area contributed by atoms with Crippen LogP contribution >= 0.6 is 23.2 Å². The quantitative estimate of drug-likeness (QED) is 0.819. The molecule has 0 bridgehead atoms. The number of hydrogen-bond acceptors (Lipinski definition) is 2. The molecule has 0 atom stereocenters. The van der Waals surface area contributed by atoms with Gasteiger partial charge in [0.1, 0.15) is 11.6 Å². The summed E-state index contributed by atoms with van der Waals surface area (Å²) in [7, 11) is 0. The highest BCUT2D eigenvalue weighted by Crippen LogP contribution is 2.29. The Labute approximate surface area is 123 Å². The maximum atomic E-state index is 13.0. The zero-order valence-electron chi connectivity index (χ0n) is 9.88. The third-order valence-electron chi connectivity index (χ3n) is 2.46. The highest BCUT2D eigenvalue weighted by atomic mass is 35.5. The van der Waals surface area contributed by atoms with E-state index >= 15 is 0 Å². The summed E-state index contributed by atoms with van der Waals surface area (Å²) in [5.74, 6) is -2.21. The molecule has 2 aromatic rings. The summed E-state index contributed by atoms with van der Waals surface area (Å²) in [6.45, 7) is 0. The minimum atomic E-state index is -0.798. The molecule has 1 amide bonds. The van der Waals surface area contributed by atoms with Gasteiger partial charge < -0.3 is 11.1 Å². The zero-order valence-corrected chi connectivity index (χ0v) is 11.4. The van der Waals surface area contributed by atoms with Crippen LogP contribution in [0.25, 0.3) is 0 Å². The third kappa shape index (κ3) is 3.18. The molecule has 20 heavy (non-hydrogen) atoms. The third-order valence-corrected chi connectivity index (χ3v) is 3.09. The molecule has 0 aliphatic rings. The number of nitrogens with one attached hydrogen (secondary N) is 1. The van der Waals surface area contributed by atoms with Crippen molar-refractivity contribution in [3.63, 3.8) is 0 Å². The Morgan fingerprint density at radius 3 is 2.00 bits per heavy atom. The average Bonchev–Trinajstić information content (AvgIpc) is 2.33. The minimum absolute atomic E-state index is 0.0171. The summed E-state index contributed by atoms with van der Waals surface area (Å²) in [4.78, 5) is 11.9. The van der Waals surface area contributed by atoms with Crippen LogP contribution in [0.1, 0.15) is 10.4 Å². The zero-order chi connectivity index (χ0) is 14.9. The Bertz CT molecular complexity index is 649. The average molecular weight is 317 g/mol. The van der Waals surface area contributed by atoms with Crippen molar-refractivity contribution < 1.29 is 13.6 Å². The van der Waals surface area contributed by atoms with Crippen LogP contribution in [-0.4, -0.2) is 5.91 Å². The van der Waals surface area contributed by atoms with Gasteiger partial charge in [-0.1, -0.05) is 23.2 Å². The second-order valence-electron chi connectivity index (χ2n) is 3.97. The summed E-state index contributed by atoms with van der Waals surface area (Å²) in [5.41, 5.74) is 5.81. The summed E-state index contributed by atoms with van der Waals surface area (Å²) >= 11 is 11.6. The van der Waals surface area contributed by atoms with Gasteiger partial charge >= 0.3 is 0 Å². The lowest BCUT2D eigenvalue weighted by atomic mass is 10.2. The van der Waals surface area contributed by atoms with E-state index in [1.807, 2.05) is 0 Å². The first-order chi connectivity index (χ1) is 9.36. The van der Waals surface area contributed by atoms with E-state index in [0.717, 1.165) is 12.1 Å². The van der Waals surface area contributed by atoms with Gasteiger partial charge in [0.15, 0.2) is 0 Å². The van der Waals surface area contributed by atoms with Crippen molar-refractivity contribution in [3.8, 4) is 0 Å². The Morgan fingerprint density at radius 2 is 1.50 bits per heavy atom. The number of halogens is 4. The number of carbonyl (C=O) groups excluding carboxylic acids is 1. The van der Waals surface area contributed by atoms with E-state index in [9.17, 15) is 13.6 Å². The van der Waals surface area contributed by atoms with Crippen LogP contribution in [0.4, 0.5) is 20.2 Å². The number of anilines is 2. The predicted octanol–water partition coefficient (Wildman–Crippen LogP) is 4.11. The number of carbonyl (C=O) groups is 1. The van der Waals surface area contributed by atoms with Gasteiger partial charge in [0, 0.05) is 17.3 Å². The van der Waals surface area contributed by atoms with Gasteiger partial charge in [0.05, 0.1) is 15.7 Å². The molecule has 0 heterocycles. The molecule has 0 aliphatic carbocycles. The largest absolute Gasteiger partial charge is 0.396 e. The van der Waals surface area contributed by atoms with Gasteiger partial charge in [-0.25, -0.2) is 8.78 Å². The van der Waals surface area contributed by atoms with Crippen molar-refractivity contribution in [1.82, 2.24) is 0 Å². The van der Waals surface area contributed by atoms with Gasteiger partial charge in [-0.05, 0) is 24.3 Å². The van der Waals surface area contributed by atoms with Crippen molar-refractivity contribution in [2.45, 2.75) is 0 Å². The molecule has 7 heteroatoms. The molecule has 104 valence electrons. The summed E-state index contributed by atoms with van der Waals surface area (Å²) in [6, 6.07) is 5.30.